The number of carbonyl (C=O) groups excluding carboxylic acids is 1. The number of hydrogen-bond donors (Lipinski definition) is 0. The van der Waals surface area contributed by atoms with E-state index in [1.165, 1.54) is 0 Å². The molecule has 0 unspecified atom stereocenters. The maximum absolute atomic E-state index is 11.3. The number of rotatable bonds is 1. The van der Waals surface area contributed by atoms with E-state index in [1.54, 1.807) is 4.90 Å². The molecule has 1 heterocycles. The van der Waals surface area contributed by atoms with E-state index in [1.807, 2.05) is 7.05 Å². The Morgan fingerprint density at radius 3 is 2.62 bits per heavy atom. The van der Waals surface area contributed by atoms with Crippen molar-refractivity contribution in [1.29, 1.82) is 0 Å². The summed E-state index contributed by atoms with van der Waals surface area (Å²) in [5.74, 6) is 2.27. The molecule has 0 spiro atoms. The zero-order valence-corrected chi connectivity index (χ0v) is 7.82. The highest BCUT2D eigenvalue weighted by Gasteiger charge is 2.19. The average Bonchev–Trinajstić information content (AvgIpc) is 2.15. The van der Waals surface area contributed by atoms with Crippen LogP contribution in [0.4, 0.5) is 4.79 Å². The molecule has 0 saturated carbocycles. The van der Waals surface area contributed by atoms with E-state index < -0.39 is 0 Å². The van der Waals surface area contributed by atoms with Crippen molar-refractivity contribution < 1.29 is 9.53 Å². The fourth-order valence-corrected chi connectivity index (χ4v) is 1.18. The minimum atomic E-state index is -0.300. The molecule has 1 aliphatic rings. The molecule has 0 radical (unpaired) electrons. The van der Waals surface area contributed by atoms with Gasteiger partial charge < -0.3 is 14.5 Å². The van der Waals surface area contributed by atoms with Crippen molar-refractivity contribution in [3.8, 4) is 12.3 Å². The monoisotopic (exact) mass is 182 g/mol. The summed E-state index contributed by atoms with van der Waals surface area (Å²) in [4.78, 5) is 15.1. The van der Waals surface area contributed by atoms with Gasteiger partial charge in [-0.2, -0.15) is 0 Å². The van der Waals surface area contributed by atoms with Crippen LogP contribution in [0, 0.1) is 12.3 Å². The largest absolute Gasteiger partial charge is 0.436 e. The van der Waals surface area contributed by atoms with Crippen LogP contribution in [0.3, 0.4) is 0 Å². The third kappa shape index (κ3) is 2.96. The first-order valence-electron chi connectivity index (χ1n) is 4.27. The molecule has 1 saturated heterocycles. The lowest BCUT2D eigenvalue weighted by molar-refractivity contribution is 0.0908. The van der Waals surface area contributed by atoms with Gasteiger partial charge in [-0.1, -0.05) is 5.92 Å². The molecule has 72 valence electrons. The van der Waals surface area contributed by atoms with Gasteiger partial charge in [-0.25, -0.2) is 4.79 Å². The molecule has 4 nitrogen and oxygen atoms in total. The molecular formula is C9H14N2O2. The van der Waals surface area contributed by atoms with Crippen LogP contribution in [0.25, 0.3) is 0 Å². The molecule has 0 bridgehead atoms. The van der Waals surface area contributed by atoms with Gasteiger partial charge in [0, 0.05) is 26.2 Å². The lowest BCUT2D eigenvalue weighted by atomic mass is 10.3. The summed E-state index contributed by atoms with van der Waals surface area (Å²) in [7, 11) is 2.03. The molecule has 0 atom stereocenters. The van der Waals surface area contributed by atoms with Gasteiger partial charge in [0.2, 0.25) is 0 Å². The van der Waals surface area contributed by atoms with Gasteiger partial charge in [-0.05, 0) is 7.05 Å². The molecule has 1 fully saturated rings. The zero-order chi connectivity index (χ0) is 9.68. The zero-order valence-electron chi connectivity index (χ0n) is 7.82. The van der Waals surface area contributed by atoms with Crippen LogP contribution >= 0.6 is 0 Å². The lowest BCUT2D eigenvalue weighted by Crippen LogP contribution is -2.47. The van der Waals surface area contributed by atoms with Crippen LogP contribution in [-0.4, -0.2) is 55.7 Å². The number of piperazine rings is 1. The minimum Gasteiger partial charge on any atom is -0.436 e. The molecule has 13 heavy (non-hydrogen) atoms. The quantitative estimate of drug-likeness (QED) is 0.535. The second kappa shape index (κ2) is 4.73. The van der Waals surface area contributed by atoms with Crippen molar-refractivity contribution in [2.45, 2.75) is 0 Å². The van der Waals surface area contributed by atoms with Crippen molar-refractivity contribution in [3.05, 3.63) is 0 Å². The molecule has 1 rings (SSSR count). The number of carbonyl (C=O) groups is 1. The maximum Gasteiger partial charge on any atom is 0.410 e. The summed E-state index contributed by atoms with van der Waals surface area (Å²) in [6, 6.07) is 0. The number of amides is 1. The summed E-state index contributed by atoms with van der Waals surface area (Å²) >= 11 is 0. The maximum atomic E-state index is 11.3. The third-order valence-corrected chi connectivity index (χ3v) is 2.04. The van der Waals surface area contributed by atoms with Gasteiger partial charge in [0.15, 0.2) is 6.61 Å². The SMILES string of the molecule is C#CCOC(=O)N1CCN(C)CC1. The summed E-state index contributed by atoms with van der Waals surface area (Å²) < 4.78 is 4.80. The Labute approximate surface area is 78.4 Å². The van der Waals surface area contributed by atoms with Crippen LogP contribution < -0.4 is 0 Å². The molecular weight excluding hydrogens is 168 g/mol. The molecule has 0 aromatic rings. The van der Waals surface area contributed by atoms with E-state index in [-0.39, 0.29) is 12.7 Å². The standard InChI is InChI=1S/C9H14N2O2/c1-3-8-13-9(12)11-6-4-10(2)5-7-11/h1H,4-8H2,2H3. The van der Waals surface area contributed by atoms with Crippen LogP contribution in [0.15, 0.2) is 0 Å². The second-order valence-electron chi connectivity index (χ2n) is 3.05. The van der Waals surface area contributed by atoms with E-state index in [0.29, 0.717) is 0 Å². The first-order chi connectivity index (χ1) is 6.24. The fraction of sp³-hybridized carbons (Fsp3) is 0.667. The van der Waals surface area contributed by atoms with Crippen LogP contribution in [0.2, 0.25) is 0 Å². The third-order valence-electron chi connectivity index (χ3n) is 2.04. The molecule has 0 aromatic carbocycles. The number of likely N-dealkylation sites (N-methyl/N-ethyl adjacent to an activating group) is 1. The van der Waals surface area contributed by atoms with Gasteiger partial charge in [0.05, 0.1) is 0 Å². The number of ether oxygens (including phenoxy) is 1. The molecule has 4 heteroatoms. The van der Waals surface area contributed by atoms with Crippen molar-refractivity contribution in [1.82, 2.24) is 9.80 Å². The number of hydrogen-bond acceptors (Lipinski definition) is 3. The van der Waals surface area contributed by atoms with E-state index >= 15 is 0 Å². The highest BCUT2D eigenvalue weighted by atomic mass is 16.6. The molecule has 0 aromatic heterocycles. The molecule has 0 N–H and O–H groups in total. The average molecular weight is 182 g/mol. The summed E-state index contributed by atoms with van der Waals surface area (Å²) in [6.07, 6.45) is 4.67. The van der Waals surface area contributed by atoms with E-state index in [9.17, 15) is 4.79 Å². The molecule has 1 amide bonds. The van der Waals surface area contributed by atoms with Crippen LogP contribution in [-0.2, 0) is 4.74 Å². The second-order valence-corrected chi connectivity index (χ2v) is 3.05. The van der Waals surface area contributed by atoms with E-state index in [0.717, 1.165) is 26.2 Å². The first-order valence-corrected chi connectivity index (χ1v) is 4.27. The van der Waals surface area contributed by atoms with Gasteiger partial charge in [0.25, 0.3) is 0 Å². The van der Waals surface area contributed by atoms with E-state index in [2.05, 4.69) is 10.8 Å². The van der Waals surface area contributed by atoms with Gasteiger partial charge in [0.1, 0.15) is 0 Å². The van der Waals surface area contributed by atoms with Crippen LogP contribution in [0.5, 0.6) is 0 Å². The number of nitrogens with zero attached hydrogens (tertiary/aromatic N) is 2. The van der Waals surface area contributed by atoms with Crippen LogP contribution in [0.1, 0.15) is 0 Å². The van der Waals surface area contributed by atoms with Gasteiger partial charge >= 0.3 is 6.09 Å². The van der Waals surface area contributed by atoms with Crippen molar-refractivity contribution in [2.24, 2.45) is 0 Å². The Morgan fingerprint density at radius 2 is 2.08 bits per heavy atom. The van der Waals surface area contributed by atoms with Gasteiger partial charge in [-0.15, -0.1) is 6.42 Å². The molecule has 0 aliphatic carbocycles. The number of terminal acetylenes is 1. The summed E-state index contributed by atoms with van der Waals surface area (Å²) in [5.41, 5.74) is 0. The Kier molecular flexibility index (Phi) is 3.59. The smallest absolute Gasteiger partial charge is 0.410 e. The van der Waals surface area contributed by atoms with Crippen molar-refractivity contribution >= 4 is 6.09 Å². The van der Waals surface area contributed by atoms with Crippen molar-refractivity contribution in [3.63, 3.8) is 0 Å². The van der Waals surface area contributed by atoms with E-state index in [4.69, 9.17) is 11.2 Å². The normalized spacial score (nSPS) is 18.0. The topological polar surface area (TPSA) is 32.8 Å². The van der Waals surface area contributed by atoms with Crippen molar-refractivity contribution in [2.75, 3.05) is 39.8 Å². The highest BCUT2D eigenvalue weighted by molar-refractivity contribution is 5.67. The minimum absolute atomic E-state index is 0.0607. The Balaban J connectivity index is 2.28. The highest BCUT2D eigenvalue weighted by Crippen LogP contribution is 2.00. The Bertz CT molecular complexity index is 214. The summed E-state index contributed by atoms with van der Waals surface area (Å²) in [5, 5.41) is 0. The Morgan fingerprint density at radius 1 is 1.46 bits per heavy atom. The Hall–Kier alpha value is -1.21. The van der Waals surface area contributed by atoms with Gasteiger partial charge in [-0.3, -0.25) is 0 Å². The predicted octanol–water partition coefficient (Wildman–Crippen LogP) is 0.00360. The molecule has 1 aliphatic heterocycles. The first kappa shape index (κ1) is 9.87. The summed E-state index contributed by atoms with van der Waals surface area (Å²) in [6.45, 7) is 3.29. The predicted molar refractivity (Wildman–Crippen MR) is 49.3 cm³/mol. The lowest BCUT2D eigenvalue weighted by Gasteiger charge is -2.31. The fourth-order valence-electron chi connectivity index (χ4n) is 1.18.